The van der Waals surface area contributed by atoms with E-state index in [4.69, 9.17) is 19.2 Å². The number of thiazole rings is 1. The molecule has 1 amide bonds. The molecule has 4 rings (SSSR count). The topological polar surface area (TPSA) is 73.8 Å². The van der Waals surface area contributed by atoms with Crippen molar-refractivity contribution in [2.75, 3.05) is 25.7 Å². The summed E-state index contributed by atoms with van der Waals surface area (Å²) in [6.07, 6.45) is 3.45. The van der Waals surface area contributed by atoms with Gasteiger partial charge in [0.05, 0.1) is 27.4 Å². The minimum Gasteiger partial charge on any atom is -0.495 e. The molecule has 0 radical (unpaired) electrons. The lowest BCUT2D eigenvalue weighted by atomic mass is 10.2. The number of methoxy groups -OCH3 is 2. The zero-order chi connectivity index (χ0) is 22.5. The van der Waals surface area contributed by atoms with E-state index in [-0.39, 0.29) is 5.91 Å². The first-order valence-corrected chi connectivity index (χ1v) is 10.9. The van der Waals surface area contributed by atoms with Crippen LogP contribution in [0.1, 0.15) is 22.8 Å². The second-order valence-electron chi connectivity index (χ2n) is 6.85. The van der Waals surface area contributed by atoms with Gasteiger partial charge in [0.1, 0.15) is 27.5 Å². The van der Waals surface area contributed by atoms with E-state index in [0.717, 1.165) is 16.0 Å². The van der Waals surface area contributed by atoms with Gasteiger partial charge in [0.15, 0.2) is 5.13 Å². The molecule has 4 aromatic rings. The Hall–Kier alpha value is -3.65. The highest BCUT2D eigenvalue weighted by molar-refractivity contribution is 7.22. The van der Waals surface area contributed by atoms with Crippen LogP contribution in [0.25, 0.3) is 10.2 Å². The summed E-state index contributed by atoms with van der Waals surface area (Å²) in [6.45, 7) is 2.81. The molecule has 0 spiro atoms. The van der Waals surface area contributed by atoms with Crippen LogP contribution in [0.3, 0.4) is 0 Å². The molecular weight excluding hydrogens is 426 g/mol. The quantitative estimate of drug-likeness (QED) is 0.379. The molecule has 2 heterocycles. The largest absolute Gasteiger partial charge is 0.495 e. The summed E-state index contributed by atoms with van der Waals surface area (Å²) in [5, 5.41) is 0.547. The molecule has 0 aliphatic carbocycles. The highest BCUT2D eigenvalue weighted by Crippen LogP contribution is 2.40. The Morgan fingerprint density at radius 2 is 1.78 bits per heavy atom. The van der Waals surface area contributed by atoms with Gasteiger partial charge in [-0.3, -0.25) is 14.7 Å². The third-order valence-electron chi connectivity index (χ3n) is 4.85. The van der Waals surface area contributed by atoms with E-state index in [0.29, 0.717) is 40.9 Å². The summed E-state index contributed by atoms with van der Waals surface area (Å²) >= 11 is 1.38. The average molecular weight is 450 g/mol. The predicted molar refractivity (Wildman–Crippen MR) is 125 cm³/mol. The van der Waals surface area contributed by atoms with Crippen molar-refractivity contribution in [2.24, 2.45) is 0 Å². The number of rotatable bonds is 8. The van der Waals surface area contributed by atoms with Crippen LogP contribution in [0, 0.1) is 0 Å². The molecule has 2 aromatic carbocycles. The van der Waals surface area contributed by atoms with Crippen molar-refractivity contribution < 1.29 is 19.0 Å². The third kappa shape index (κ3) is 4.36. The van der Waals surface area contributed by atoms with E-state index in [9.17, 15) is 4.79 Å². The normalized spacial score (nSPS) is 10.7. The molecular formula is C24H23N3O4S. The minimum absolute atomic E-state index is 0.172. The van der Waals surface area contributed by atoms with E-state index in [1.54, 1.807) is 55.8 Å². The van der Waals surface area contributed by atoms with E-state index in [2.05, 4.69) is 4.98 Å². The van der Waals surface area contributed by atoms with Crippen LogP contribution in [-0.2, 0) is 6.54 Å². The van der Waals surface area contributed by atoms with Crippen molar-refractivity contribution in [3.05, 3.63) is 72.1 Å². The predicted octanol–water partition coefficient (Wildman–Crippen LogP) is 4.95. The molecule has 0 saturated carbocycles. The van der Waals surface area contributed by atoms with E-state index >= 15 is 0 Å². The van der Waals surface area contributed by atoms with Gasteiger partial charge in [0.2, 0.25) is 0 Å². The number of amides is 1. The lowest BCUT2D eigenvalue weighted by Crippen LogP contribution is -2.30. The Morgan fingerprint density at radius 3 is 2.44 bits per heavy atom. The maximum atomic E-state index is 13.6. The molecule has 0 bridgehead atoms. The average Bonchev–Trinajstić information content (AvgIpc) is 3.28. The summed E-state index contributed by atoms with van der Waals surface area (Å²) in [6, 6.07) is 14.5. The maximum absolute atomic E-state index is 13.6. The molecule has 0 aliphatic heterocycles. The fourth-order valence-corrected chi connectivity index (χ4v) is 4.38. The van der Waals surface area contributed by atoms with Gasteiger partial charge >= 0.3 is 0 Å². The summed E-state index contributed by atoms with van der Waals surface area (Å²) < 4.78 is 17.3. The van der Waals surface area contributed by atoms with Crippen molar-refractivity contribution >= 4 is 32.6 Å². The molecule has 0 fully saturated rings. The second-order valence-corrected chi connectivity index (χ2v) is 7.83. The van der Waals surface area contributed by atoms with Crippen LogP contribution in [0.4, 0.5) is 5.13 Å². The van der Waals surface area contributed by atoms with Gasteiger partial charge in [0.25, 0.3) is 5.91 Å². The molecule has 164 valence electrons. The molecule has 32 heavy (non-hydrogen) atoms. The number of hydrogen-bond acceptors (Lipinski definition) is 7. The fraction of sp³-hybridized carbons (Fsp3) is 0.208. The Labute approximate surface area is 190 Å². The monoisotopic (exact) mass is 449 g/mol. The van der Waals surface area contributed by atoms with E-state index in [1.165, 1.54) is 11.3 Å². The minimum atomic E-state index is -0.172. The van der Waals surface area contributed by atoms with Gasteiger partial charge in [-0.2, -0.15) is 0 Å². The molecule has 7 nitrogen and oxygen atoms in total. The summed E-state index contributed by atoms with van der Waals surface area (Å²) in [5.74, 6) is 1.85. The van der Waals surface area contributed by atoms with Gasteiger partial charge in [-0.05, 0) is 55.0 Å². The van der Waals surface area contributed by atoms with Crippen LogP contribution < -0.4 is 19.1 Å². The van der Waals surface area contributed by atoms with Crippen LogP contribution in [-0.4, -0.2) is 36.7 Å². The van der Waals surface area contributed by atoms with Gasteiger partial charge < -0.3 is 14.2 Å². The first kappa shape index (κ1) is 21.6. The standard InChI is InChI=1S/C24H23N3O4S/c1-4-31-18-9-7-17(8-10-18)23(28)27(15-16-6-5-13-25-14-16)24-26-21-19(29-2)11-12-20(30-3)22(21)32-24/h5-14H,4,15H2,1-3H3. The Morgan fingerprint density at radius 1 is 1.03 bits per heavy atom. The van der Waals surface area contributed by atoms with Gasteiger partial charge in [-0.1, -0.05) is 17.4 Å². The smallest absolute Gasteiger partial charge is 0.260 e. The SMILES string of the molecule is CCOc1ccc(C(=O)N(Cc2cccnc2)c2nc3c(OC)ccc(OC)c3s2)cc1. The summed E-state index contributed by atoms with van der Waals surface area (Å²) in [4.78, 5) is 24.2. The van der Waals surface area contributed by atoms with Gasteiger partial charge in [-0.15, -0.1) is 0 Å². The summed E-state index contributed by atoms with van der Waals surface area (Å²) in [7, 11) is 3.21. The van der Waals surface area contributed by atoms with Crippen molar-refractivity contribution in [1.29, 1.82) is 0 Å². The number of fused-ring (bicyclic) bond motifs is 1. The molecule has 2 aromatic heterocycles. The first-order valence-electron chi connectivity index (χ1n) is 10.1. The zero-order valence-corrected chi connectivity index (χ0v) is 18.9. The fourth-order valence-electron chi connectivity index (χ4n) is 3.31. The van der Waals surface area contributed by atoms with Gasteiger partial charge in [-0.25, -0.2) is 4.98 Å². The first-order chi connectivity index (χ1) is 15.6. The van der Waals surface area contributed by atoms with E-state index < -0.39 is 0 Å². The number of carbonyl (C=O) groups excluding carboxylic acids is 1. The number of benzene rings is 2. The number of pyridine rings is 1. The molecule has 0 atom stereocenters. The van der Waals surface area contributed by atoms with Crippen LogP contribution in [0.5, 0.6) is 17.2 Å². The van der Waals surface area contributed by atoms with Crippen LogP contribution in [0.15, 0.2) is 60.9 Å². The molecule has 0 N–H and O–H groups in total. The zero-order valence-electron chi connectivity index (χ0n) is 18.1. The highest BCUT2D eigenvalue weighted by atomic mass is 32.1. The Bertz CT molecular complexity index is 1170. The molecule has 8 heteroatoms. The van der Waals surface area contributed by atoms with Crippen molar-refractivity contribution in [3.8, 4) is 17.2 Å². The van der Waals surface area contributed by atoms with Crippen molar-refractivity contribution in [2.45, 2.75) is 13.5 Å². The highest BCUT2D eigenvalue weighted by Gasteiger charge is 2.24. The van der Waals surface area contributed by atoms with Crippen molar-refractivity contribution in [3.63, 3.8) is 0 Å². The van der Waals surface area contributed by atoms with E-state index in [1.807, 2.05) is 31.2 Å². The molecule has 0 unspecified atom stereocenters. The number of nitrogens with zero attached hydrogens (tertiary/aromatic N) is 3. The Kier molecular flexibility index (Phi) is 6.51. The van der Waals surface area contributed by atoms with Crippen LogP contribution >= 0.6 is 11.3 Å². The lowest BCUT2D eigenvalue weighted by Gasteiger charge is -2.20. The number of anilines is 1. The maximum Gasteiger partial charge on any atom is 0.260 e. The lowest BCUT2D eigenvalue weighted by molar-refractivity contribution is 0.0985. The number of aromatic nitrogens is 2. The van der Waals surface area contributed by atoms with Crippen molar-refractivity contribution in [1.82, 2.24) is 9.97 Å². The summed E-state index contributed by atoms with van der Waals surface area (Å²) in [5.41, 5.74) is 2.09. The Balaban J connectivity index is 1.78. The molecule has 0 saturated heterocycles. The third-order valence-corrected chi connectivity index (χ3v) is 5.94. The number of hydrogen-bond donors (Lipinski definition) is 0. The van der Waals surface area contributed by atoms with Crippen LogP contribution in [0.2, 0.25) is 0 Å². The number of ether oxygens (including phenoxy) is 3. The van der Waals surface area contributed by atoms with Gasteiger partial charge in [0, 0.05) is 18.0 Å². The molecule has 0 aliphatic rings. The number of carbonyl (C=O) groups is 1. The second kappa shape index (κ2) is 9.65.